The van der Waals surface area contributed by atoms with Crippen molar-refractivity contribution in [3.63, 3.8) is 0 Å². The summed E-state index contributed by atoms with van der Waals surface area (Å²) < 4.78 is 0. The number of aliphatic hydroxyl groups is 1. The monoisotopic (exact) mass is 324 g/mol. The van der Waals surface area contributed by atoms with E-state index in [1.54, 1.807) is 6.92 Å². The molecule has 0 spiro atoms. The van der Waals surface area contributed by atoms with Gasteiger partial charge in [-0.15, -0.1) is 10.2 Å². The highest BCUT2D eigenvalue weighted by molar-refractivity contribution is 5.76. The minimum Gasteiger partial charge on any atom is -0.393 e. The second-order valence-corrected chi connectivity index (χ2v) is 6.20. The van der Waals surface area contributed by atoms with Crippen LogP contribution in [0.4, 0.5) is 0 Å². The summed E-state index contributed by atoms with van der Waals surface area (Å²) in [6, 6.07) is 0. The number of H-pyrrole nitrogens is 1. The van der Waals surface area contributed by atoms with Crippen molar-refractivity contribution in [2.75, 3.05) is 19.6 Å². The minimum absolute atomic E-state index is 0.216. The topological polar surface area (TPSA) is 98.2 Å². The Morgan fingerprint density at radius 3 is 2.83 bits per heavy atom. The van der Waals surface area contributed by atoms with E-state index in [1.807, 2.05) is 5.01 Å². The maximum absolute atomic E-state index is 12.1. The first-order valence-electron chi connectivity index (χ1n) is 8.62. The van der Waals surface area contributed by atoms with Gasteiger partial charge in [-0.25, -0.2) is 5.01 Å². The summed E-state index contributed by atoms with van der Waals surface area (Å²) in [7, 11) is 0. The van der Waals surface area contributed by atoms with Crippen LogP contribution in [0.3, 0.4) is 0 Å². The SMILES string of the molecule is CC(O)CCN1CCCC(=O)N1CCCCCCc1nn[nH]n1. The lowest BCUT2D eigenvalue weighted by Gasteiger charge is -2.39. The smallest absolute Gasteiger partial charge is 0.236 e. The summed E-state index contributed by atoms with van der Waals surface area (Å²) in [5.41, 5.74) is 0. The number of tetrazole rings is 1. The van der Waals surface area contributed by atoms with Crippen LogP contribution in [-0.2, 0) is 11.2 Å². The number of aryl methyl sites for hydroxylation is 1. The maximum atomic E-state index is 12.1. The molecule has 0 saturated carbocycles. The zero-order chi connectivity index (χ0) is 16.5. The number of aromatic nitrogens is 4. The molecule has 2 N–H and O–H groups in total. The average molecular weight is 324 g/mol. The molecular formula is C15H28N6O2. The Labute approximate surface area is 137 Å². The summed E-state index contributed by atoms with van der Waals surface area (Å²) in [6.07, 6.45) is 7.02. The molecule has 1 saturated heterocycles. The van der Waals surface area contributed by atoms with Gasteiger partial charge in [0.2, 0.25) is 5.91 Å². The zero-order valence-electron chi connectivity index (χ0n) is 13.9. The molecule has 130 valence electrons. The van der Waals surface area contributed by atoms with Crippen molar-refractivity contribution in [3.8, 4) is 0 Å². The van der Waals surface area contributed by atoms with Gasteiger partial charge in [0, 0.05) is 32.5 Å². The lowest BCUT2D eigenvalue weighted by atomic mass is 10.1. The number of hydrogen-bond acceptors (Lipinski definition) is 6. The standard InChI is InChI=1S/C15H28N6O2/c1-13(22)9-12-20-10-6-8-15(23)21(20)11-5-3-2-4-7-14-16-18-19-17-14/h13,22H,2-12H2,1H3,(H,16,17,18,19). The van der Waals surface area contributed by atoms with E-state index in [4.69, 9.17) is 0 Å². The van der Waals surface area contributed by atoms with Gasteiger partial charge in [-0.1, -0.05) is 18.1 Å². The number of amides is 1. The number of aromatic amines is 1. The van der Waals surface area contributed by atoms with Crippen molar-refractivity contribution >= 4 is 5.91 Å². The third-order valence-corrected chi connectivity index (χ3v) is 4.15. The molecule has 1 aromatic rings. The van der Waals surface area contributed by atoms with Gasteiger partial charge in [0.05, 0.1) is 6.10 Å². The molecule has 23 heavy (non-hydrogen) atoms. The summed E-state index contributed by atoms with van der Waals surface area (Å²) in [6.45, 7) is 4.23. The van der Waals surface area contributed by atoms with Crippen molar-refractivity contribution in [2.45, 2.75) is 64.4 Å². The van der Waals surface area contributed by atoms with E-state index in [0.29, 0.717) is 12.8 Å². The van der Waals surface area contributed by atoms with E-state index in [0.717, 1.165) is 64.0 Å². The highest BCUT2D eigenvalue weighted by Gasteiger charge is 2.25. The largest absolute Gasteiger partial charge is 0.393 e. The van der Waals surface area contributed by atoms with Crippen molar-refractivity contribution < 1.29 is 9.90 Å². The minimum atomic E-state index is -0.320. The van der Waals surface area contributed by atoms with Crippen LogP contribution in [0.5, 0.6) is 0 Å². The van der Waals surface area contributed by atoms with Gasteiger partial charge < -0.3 is 5.11 Å². The van der Waals surface area contributed by atoms with Crippen LogP contribution in [0, 0.1) is 0 Å². The van der Waals surface area contributed by atoms with Gasteiger partial charge >= 0.3 is 0 Å². The number of hydrogen-bond donors (Lipinski definition) is 2. The van der Waals surface area contributed by atoms with E-state index in [-0.39, 0.29) is 12.0 Å². The zero-order valence-corrected chi connectivity index (χ0v) is 13.9. The quantitative estimate of drug-likeness (QED) is 0.621. The molecule has 1 aromatic heterocycles. The van der Waals surface area contributed by atoms with Crippen LogP contribution in [-0.4, -0.2) is 67.4 Å². The van der Waals surface area contributed by atoms with E-state index < -0.39 is 0 Å². The predicted molar refractivity (Wildman–Crippen MR) is 85.2 cm³/mol. The number of unbranched alkanes of at least 4 members (excludes halogenated alkanes) is 3. The highest BCUT2D eigenvalue weighted by atomic mass is 16.3. The fourth-order valence-electron chi connectivity index (χ4n) is 2.84. The molecule has 0 aliphatic carbocycles. The molecule has 0 aromatic carbocycles. The van der Waals surface area contributed by atoms with Crippen molar-refractivity contribution in [2.24, 2.45) is 0 Å². The number of nitrogens with zero attached hydrogens (tertiary/aromatic N) is 5. The van der Waals surface area contributed by atoms with E-state index in [1.165, 1.54) is 0 Å². The molecule has 8 heteroatoms. The summed E-state index contributed by atoms with van der Waals surface area (Å²) >= 11 is 0. The van der Waals surface area contributed by atoms with Crippen molar-refractivity contribution in [1.82, 2.24) is 30.6 Å². The van der Waals surface area contributed by atoms with Gasteiger partial charge in [-0.05, 0) is 32.6 Å². The third kappa shape index (κ3) is 6.23. The average Bonchev–Trinajstić information content (AvgIpc) is 3.03. The third-order valence-electron chi connectivity index (χ3n) is 4.15. The van der Waals surface area contributed by atoms with Crippen LogP contribution < -0.4 is 0 Å². The Kier molecular flexibility index (Phi) is 7.41. The molecule has 1 aliphatic rings. The van der Waals surface area contributed by atoms with Crippen LogP contribution in [0.15, 0.2) is 0 Å². The normalized spacial score (nSPS) is 17.7. The molecular weight excluding hydrogens is 296 g/mol. The molecule has 1 fully saturated rings. The second-order valence-electron chi connectivity index (χ2n) is 6.20. The number of carbonyl (C=O) groups excluding carboxylic acids is 1. The summed E-state index contributed by atoms with van der Waals surface area (Å²) in [5, 5.41) is 27.3. The lowest BCUT2D eigenvalue weighted by molar-refractivity contribution is -0.156. The second kappa shape index (κ2) is 9.57. The first kappa shape index (κ1) is 17.8. The fourth-order valence-corrected chi connectivity index (χ4v) is 2.84. The van der Waals surface area contributed by atoms with Crippen molar-refractivity contribution in [3.05, 3.63) is 5.82 Å². The maximum Gasteiger partial charge on any atom is 0.236 e. The van der Waals surface area contributed by atoms with Gasteiger partial charge in [-0.3, -0.25) is 9.80 Å². The van der Waals surface area contributed by atoms with Crippen LogP contribution in [0.25, 0.3) is 0 Å². The Hall–Kier alpha value is -1.54. The molecule has 1 atom stereocenters. The molecule has 0 bridgehead atoms. The van der Waals surface area contributed by atoms with E-state index in [9.17, 15) is 9.90 Å². The van der Waals surface area contributed by atoms with Crippen LogP contribution in [0.1, 0.15) is 57.7 Å². The Morgan fingerprint density at radius 2 is 2.09 bits per heavy atom. The van der Waals surface area contributed by atoms with Crippen LogP contribution >= 0.6 is 0 Å². The van der Waals surface area contributed by atoms with Gasteiger partial charge in [0.25, 0.3) is 0 Å². The number of rotatable bonds is 10. The molecule has 2 rings (SSSR count). The Bertz CT molecular complexity index is 451. The summed E-state index contributed by atoms with van der Waals surface area (Å²) in [5.74, 6) is 0.981. The first-order valence-corrected chi connectivity index (χ1v) is 8.62. The highest BCUT2D eigenvalue weighted by Crippen LogP contribution is 2.15. The Morgan fingerprint density at radius 1 is 1.26 bits per heavy atom. The lowest BCUT2D eigenvalue weighted by Crippen LogP contribution is -2.51. The van der Waals surface area contributed by atoms with Gasteiger partial charge in [0.15, 0.2) is 5.82 Å². The molecule has 8 nitrogen and oxygen atoms in total. The predicted octanol–water partition coefficient (Wildman–Crippen LogP) is 0.913. The molecule has 1 aliphatic heterocycles. The Balaban J connectivity index is 1.63. The molecule has 1 amide bonds. The summed E-state index contributed by atoms with van der Waals surface area (Å²) in [4.78, 5) is 12.1. The number of hydrazine groups is 1. The van der Waals surface area contributed by atoms with E-state index >= 15 is 0 Å². The first-order chi connectivity index (χ1) is 11.2. The van der Waals surface area contributed by atoms with Crippen LogP contribution in [0.2, 0.25) is 0 Å². The van der Waals surface area contributed by atoms with E-state index in [2.05, 4.69) is 25.6 Å². The molecule has 2 heterocycles. The van der Waals surface area contributed by atoms with Crippen molar-refractivity contribution in [1.29, 1.82) is 0 Å². The fraction of sp³-hybridized carbons (Fsp3) is 0.867. The molecule has 0 radical (unpaired) electrons. The number of aliphatic hydroxyl groups excluding tert-OH is 1. The number of nitrogens with one attached hydrogen (secondary N) is 1. The number of carbonyl (C=O) groups is 1. The molecule has 1 unspecified atom stereocenters. The van der Waals surface area contributed by atoms with Gasteiger partial charge in [-0.2, -0.15) is 5.21 Å². The van der Waals surface area contributed by atoms with Gasteiger partial charge in [0.1, 0.15) is 0 Å².